The molecule has 4 rings (SSSR count). The van der Waals surface area contributed by atoms with Crippen molar-refractivity contribution in [3.8, 4) is 0 Å². The smallest absolute Gasteiger partial charge is 0.356 e. The number of sulfonamides is 1. The molecular formula is C17H21F3IN5O2S. The molecule has 0 aromatic carbocycles. The topological polar surface area (TPSA) is 82.2 Å². The van der Waals surface area contributed by atoms with Gasteiger partial charge in [0.15, 0.2) is 5.75 Å². The molecule has 1 saturated heterocycles. The van der Waals surface area contributed by atoms with E-state index < -0.39 is 30.8 Å². The lowest BCUT2D eigenvalue weighted by atomic mass is 9.83. The number of hydrogen-bond acceptors (Lipinski definition) is 5. The van der Waals surface area contributed by atoms with E-state index in [1.54, 1.807) is 6.20 Å². The maximum atomic E-state index is 12.7. The molecule has 1 N–H and O–H groups in total. The molecule has 2 aliphatic rings. The van der Waals surface area contributed by atoms with Crippen LogP contribution in [0.4, 0.5) is 19.0 Å². The number of nitrogens with one attached hydrogen (secondary N) is 1. The van der Waals surface area contributed by atoms with Crippen LogP contribution in [-0.2, 0) is 10.0 Å². The van der Waals surface area contributed by atoms with Gasteiger partial charge in [0.25, 0.3) is 0 Å². The first-order valence-electron chi connectivity index (χ1n) is 9.08. The Morgan fingerprint density at radius 1 is 1.34 bits per heavy atom. The summed E-state index contributed by atoms with van der Waals surface area (Å²) in [5, 5.41) is 0.897. The van der Waals surface area contributed by atoms with Crippen LogP contribution in [0.2, 0.25) is 0 Å². The zero-order valence-corrected chi connectivity index (χ0v) is 18.8. The normalized spacial score (nSPS) is 30.8. The van der Waals surface area contributed by atoms with E-state index in [2.05, 4.69) is 42.4 Å². The van der Waals surface area contributed by atoms with Crippen LogP contribution in [-0.4, -0.2) is 69.2 Å². The summed E-state index contributed by atoms with van der Waals surface area (Å²) in [6.07, 6.45) is -0.124. The highest BCUT2D eigenvalue weighted by Gasteiger charge is 2.62. The second-order valence-corrected chi connectivity index (χ2v) is 12.3. The SMILES string of the molecule is CN(c1ncnc2[nH]ccc12)C1C[C@@]2(C)CN(S(=O)(=O)CC(F)(F)F)C[C@@]2(I)C1. The summed E-state index contributed by atoms with van der Waals surface area (Å²) in [4.78, 5) is 13.8. The fraction of sp³-hybridized carbons (Fsp3) is 0.647. The van der Waals surface area contributed by atoms with Crippen LogP contribution in [0, 0.1) is 5.41 Å². The third-order valence-corrected chi connectivity index (χ3v) is 10.1. The largest absolute Gasteiger partial charge is 0.404 e. The molecule has 2 aromatic heterocycles. The van der Waals surface area contributed by atoms with Gasteiger partial charge in [0.2, 0.25) is 10.0 Å². The second kappa shape index (κ2) is 6.67. The van der Waals surface area contributed by atoms with Gasteiger partial charge in [-0.1, -0.05) is 29.5 Å². The predicted molar refractivity (Wildman–Crippen MR) is 112 cm³/mol. The van der Waals surface area contributed by atoms with Gasteiger partial charge in [-0.15, -0.1) is 0 Å². The lowest BCUT2D eigenvalue weighted by molar-refractivity contribution is -0.107. The number of hydrogen-bond donors (Lipinski definition) is 1. The van der Waals surface area contributed by atoms with Gasteiger partial charge in [0.05, 0.1) is 5.39 Å². The molecule has 160 valence electrons. The molecule has 0 amide bonds. The average Bonchev–Trinajstić information content (AvgIpc) is 3.21. The van der Waals surface area contributed by atoms with Crippen LogP contribution in [0.3, 0.4) is 0 Å². The van der Waals surface area contributed by atoms with Crippen molar-refractivity contribution in [2.45, 2.75) is 35.4 Å². The van der Waals surface area contributed by atoms with Gasteiger partial charge in [-0.05, 0) is 24.3 Å². The number of rotatable bonds is 4. The number of H-pyrrole nitrogens is 1. The van der Waals surface area contributed by atoms with Gasteiger partial charge in [-0.25, -0.2) is 18.4 Å². The Balaban J connectivity index is 1.56. The first-order valence-corrected chi connectivity index (χ1v) is 11.8. The minimum absolute atomic E-state index is 0.0934. The molecular weight excluding hydrogens is 522 g/mol. The van der Waals surface area contributed by atoms with Gasteiger partial charge < -0.3 is 9.88 Å². The first-order chi connectivity index (χ1) is 13.3. The Morgan fingerprint density at radius 2 is 2.07 bits per heavy atom. The van der Waals surface area contributed by atoms with Gasteiger partial charge >= 0.3 is 6.18 Å². The molecule has 0 spiro atoms. The highest BCUT2D eigenvalue weighted by atomic mass is 127. The summed E-state index contributed by atoms with van der Waals surface area (Å²) in [5.41, 5.74) is 0.315. The molecule has 1 aliphatic carbocycles. The molecule has 3 heterocycles. The summed E-state index contributed by atoms with van der Waals surface area (Å²) in [6.45, 7) is 2.17. The molecule has 12 heteroatoms. The van der Waals surface area contributed by atoms with Crippen LogP contribution in [0.15, 0.2) is 18.6 Å². The van der Waals surface area contributed by atoms with E-state index in [4.69, 9.17) is 0 Å². The molecule has 0 radical (unpaired) electrons. The molecule has 1 saturated carbocycles. The molecule has 2 fully saturated rings. The third-order valence-electron chi connectivity index (χ3n) is 6.23. The van der Waals surface area contributed by atoms with E-state index in [-0.39, 0.29) is 19.1 Å². The minimum atomic E-state index is -4.74. The van der Waals surface area contributed by atoms with Gasteiger partial charge in [-0.3, -0.25) is 0 Å². The van der Waals surface area contributed by atoms with Crippen molar-refractivity contribution in [2.24, 2.45) is 5.41 Å². The fourth-order valence-corrected chi connectivity index (χ4v) is 7.70. The van der Waals surface area contributed by atoms with E-state index in [1.165, 1.54) is 6.33 Å². The van der Waals surface area contributed by atoms with E-state index in [1.807, 2.05) is 20.0 Å². The molecule has 7 nitrogen and oxygen atoms in total. The monoisotopic (exact) mass is 543 g/mol. The number of halogens is 4. The van der Waals surface area contributed by atoms with Crippen molar-refractivity contribution < 1.29 is 21.6 Å². The van der Waals surface area contributed by atoms with Crippen molar-refractivity contribution in [1.29, 1.82) is 0 Å². The molecule has 1 aliphatic heterocycles. The maximum absolute atomic E-state index is 12.7. The molecule has 29 heavy (non-hydrogen) atoms. The number of alkyl halides is 4. The number of nitrogens with zero attached hydrogens (tertiary/aromatic N) is 4. The Bertz CT molecular complexity index is 1030. The number of aromatic amines is 1. The molecule has 2 aromatic rings. The zero-order chi connectivity index (χ0) is 21.2. The standard InChI is InChI=1S/C17H21F3IN5O2S/c1-15-5-11(25(2)14-12-3-4-22-13(12)23-10-24-14)6-16(15,21)8-26(7-15)29(27,28)9-17(18,19)20/h3-4,10-11H,5-9H2,1-2H3,(H,22,23,24)/t11?,15-,16-/m0/s1. The van der Waals surface area contributed by atoms with E-state index >= 15 is 0 Å². The van der Waals surface area contributed by atoms with Crippen LogP contribution in [0.25, 0.3) is 11.0 Å². The van der Waals surface area contributed by atoms with Crippen molar-refractivity contribution >= 4 is 49.5 Å². The zero-order valence-electron chi connectivity index (χ0n) is 15.9. The molecule has 1 unspecified atom stereocenters. The quantitative estimate of drug-likeness (QED) is 0.474. The predicted octanol–water partition coefficient (Wildman–Crippen LogP) is 2.94. The van der Waals surface area contributed by atoms with Crippen molar-refractivity contribution in [3.63, 3.8) is 0 Å². The summed E-state index contributed by atoms with van der Waals surface area (Å²) in [5.74, 6) is -1.02. The minimum Gasteiger partial charge on any atom is -0.356 e. The summed E-state index contributed by atoms with van der Waals surface area (Å²) in [6, 6.07) is 2.00. The lowest BCUT2D eigenvalue weighted by Crippen LogP contribution is -2.40. The Kier molecular flexibility index (Phi) is 4.85. The van der Waals surface area contributed by atoms with Gasteiger partial charge in [-0.2, -0.15) is 17.5 Å². The number of aromatic nitrogens is 3. The maximum Gasteiger partial charge on any atom is 0.404 e. The van der Waals surface area contributed by atoms with Crippen LogP contribution >= 0.6 is 22.6 Å². The fourth-order valence-electron chi connectivity index (χ4n) is 4.66. The Labute approximate surface area is 180 Å². The number of anilines is 1. The highest BCUT2D eigenvalue weighted by Crippen LogP contribution is 2.58. The summed E-state index contributed by atoms with van der Waals surface area (Å²) >= 11 is 2.26. The average molecular weight is 543 g/mol. The first kappa shape index (κ1) is 21.1. The van der Waals surface area contributed by atoms with Gasteiger partial charge in [0, 0.05) is 35.8 Å². The third kappa shape index (κ3) is 3.60. The van der Waals surface area contributed by atoms with Crippen molar-refractivity contribution in [3.05, 3.63) is 18.6 Å². The molecule has 0 bridgehead atoms. The Morgan fingerprint density at radius 3 is 2.72 bits per heavy atom. The second-order valence-electron chi connectivity index (χ2n) is 8.28. The van der Waals surface area contributed by atoms with Crippen LogP contribution < -0.4 is 4.90 Å². The number of fused-ring (bicyclic) bond motifs is 2. The summed E-state index contributed by atoms with van der Waals surface area (Å²) in [7, 11) is -2.44. The Hall–Kier alpha value is -1.15. The van der Waals surface area contributed by atoms with Crippen molar-refractivity contribution in [2.75, 3.05) is 30.8 Å². The van der Waals surface area contributed by atoms with Gasteiger partial charge in [0.1, 0.15) is 17.8 Å². The van der Waals surface area contributed by atoms with Crippen LogP contribution in [0.1, 0.15) is 19.8 Å². The van der Waals surface area contributed by atoms with E-state index in [0.717, 1.165) is 21.2 Å². The highest BCUT2D eigenvalue weighted by molar-refractivity contribution is 14.1. The van der Waals surface area contributed by atoms with Crippen LogP contribution in [0.5, 0.6) is 0 Å². The molecule has 3 atom stereocenters. The lowest BCUT2D eigenvalue weighted by Gasteiger charge is -2.30. The van der Waals surface area contributed by atoms with E-state index in [9.17, 15) is 21.6 Å². The summed E-state index contributed by atoms with van der Waals surface area (Å²) < 4.78 is 63.3. The van der Waals surface area contributed by atoms with Crippen molar-refractivity contribution in [1.82, 2.24) is 19.3 Å². The van der Waals surface area contributed by atoms with E-state index in [0.29, 0.717) is 12.8 Å².